The molecule has 1 atom stereocenters. The molecule has 0 fully saturated rings. The summed E-state index contributed by atoms with van der Waals surface area (Å²) in [5.41, 5.74) is 6.89. The van der Waals surface area contributed by atoms with Gasteiger partial charge in [0.05, 0.1) is 0 Å². The van der Waals surface area contributed by atoms with Crippen molar-refractivity contribution >= 4 is 12.1 Å². The van der Waals surface area contributed by atoms with Crippen molar-refractivity contribution in [1.82, 2.24) is 5.32 Å². The molecule has 6 heteroatoms. The fourth-order valence-corrected chi connectivity index (χ4v) is 4.69. The van der Waals surface area contributed by atoms with E-state index < -0.39 is 18.1 Å². The first-order chi connectivity index (χ1) is 17.5. The van der Waals surface area contributed by atoms with E-state index in [1.165, 1.54) is 12.1 Å². The SMILES string of the molecule is O=C(N[C@@H](Cc1ccc(-c2ccc(F)cc2)cc1)C(=O)O)OCC1c2ccccc2-c2ccccc21. The molecule has 0 radical (unpaired) electrons. The van der Waals surface area contributed by atoms with Gasteiger partial charge in [-0.1, -0.05) is 84.9 Å². The molecule has 180 valence electrons. The summed E-state index contributed by atoms with van der Waals surface area (Å²) in [5, 5.41) is 12.2. The molecule has 1 amide bonds. The number of halogens is 1. The Bertz CT molecular complexity index is 1350. The van der Waals surface area contributed by atoms with Crippen molar-refractivity contribution < 1.29 is 23.8 Å². The number of fused-ring (bicyclic) bond motifs is 3. The van der Waals surface area contributed by atoms with Crippen LogP contribution in [0, 0.1) is 5.82 Å². The Morgan fingerprint density at radius 1 is 0.806 bits per heavy atom. The van der Waals surface area contributed by atoms with E-state index in [9.17, 15) is 19.1 Å². The van der Waals surface area contributed by atoms with E-state index in [0.717, 1.165) is 38.9 Å². The monoisotopic (exact) mass is 481 g/mol. The molecule has 0 heterocycles. The van der Waals surface area contributed by atoms with Crippen LogP contribution in [-0.4, -0.2) is 29.8 Å². The van der Waals surface area contributed by atoms with Gasteiger partial charge in [-0.05, 0) is 51.1 Å². The maximum absolute atomic E-state index is 13.2. The lowest BCUT2D eigenvalue weighted by atomic mass is 9.98. The first-order valence-electron chi connectivity index (χ1n) is 11.7. The minimum atomic E-state index is -1.15. The van der Waals surface area contributed by atoms with E-state index in [1.807, 2.05) is 48.5 Å². The van der Waals surface area contributed by atoms with Crippen molar-refractivity contribution in [3.63, 3.8) is 0 Å². The number of benzene rings is 4. The topological polar surface area (TPSA) is 75.6 Å². The number of carboxylic acids is 1. The molecule has 4 aromatic carbocycles. The van der Waals surface area contributed by atoms with E-state index in [2.05, 4.69) is 17.4 Å². The zero-order chi connectivity index (χ0) is 25.1. The van der Waals surface area contributed by atoms with Crippen LogP contribution in [0.15, 0.2) is 97.1 Å². The molecular formula is C30H24FNO4. The maximum atomic E-state index is 13.2. The predicted octanol–water partition coefficient (Wildman–Crippen LogP) is 6.03. The van der Waals surface area contributed by atoms with Crippen molar-refractivity contribution in [2.45, 2.75) is 18.4 Å². The number of nitrogens with one attached hydrogen (secondary N) is 1. The molecule has 2 N–H and O–H groups in total. The number of alkyl carbamates (subject to hydrolysis) is 1. The summed E-state index contributed by atoms with van der Waals surface area (Å²) in [6.07, 6.45) is -0.671. The molecule has 0 aromatic heterocycles. The van der Waals surface area contributed by atoms with Crippen LogP contribution in [0.3, 0.4) is 0 Å². The average molecular weight is 482 g/mol. The number of hydrogen-bond donors (Lipinski definition) is 2. The zero-order valence-electron chi connectivity index (χ0n) is 19.4. The summed E-state index contributed by atoms with van der Waals surface area (Å²) < 4.78 is 18.7. The van der Waals surface area contributed by atoms with Crippen LogP contribution >= 0.6 is 0 Å². The Labute approximate surface area is 208 Å². The molecule has 0 unspecified atom stereocenters. The lowest BCUT2D eigenvalue weighted by Crippen LogP contribution is -2.42. The largest absolute Gasteiger partial charge is 0.480 e. The van der Waals surface area contributed by atoms with Crippen LogP contribution < -0.4 is 5.32 Å². The second-order valence-corrected chi connectivity index (χ2v) is 8.77. The molecule has 1 aliphatic rings. The summed E-state index contributed by atoms with van der Waals surface area (Å²) in [4.78, 5) is 24.4. The number of hydrogen-bond acceptors (Lipinski definition) is 3. The number of carbonyl (C=O) groups excluding carboxylic acids is 1. The van der Waals surface area contributed by atoms with Crippen molar-refractivity contribution in [3.8, 4) is 22.3 Å². The lowest BCUT2D eigenvalue weighted by molar-refractivity contribution is -0.139. The standard InChI is InChI=1S/C30H24FNO4/c31-22-15-13-21(14-16-22)20-11-9-19(10-12-20)17-28(29(33)34)32-30(35)36-18-27-25-7-3-1-5-23(25)24-6-2-4-8-26(24)27/h1-16,27-28H,17-18H2,(H,32,35)(H,33,34)/t28-/m0/s1. The van der Waals surface area contributed by atoms with Crippen molar-refractivity contribution in [2.75, 3.05) is 6.61 Å². The van der Waals surface area contributed by atoms with Gasteiger partial charge < -0.3 is 15.2 Å². The Hall–Kier alpha value is -4.45. The van der Waals surface area contributed by atoms with Gasteiger partial charge in [0.15, 0.2) is 0 Å². The Morgan fingerprint density at radius 3 is 1.89 bits per heavy atom. The van der Waals surface area contributed by atoms with E-state index in [-0.39, 0.29) is 24.8 Å². The predicted molar refractivity (Wildman–Crippen MR) is 135 cm³/mol. The molecule has 0 saturated carbocycles. The summed E-state index contributed by atoms with van der Waals surface area (Å²) in [6.45, 7) is 0.110. The summed E-state index contributed by atoms with van der Waals surface area (Å²) in [5.74, 6) is -1.56. The van der Waals surface area contributed by atoms with E-state index in [1.54, 1.807) is 24.3 Å². The van der Waals surface area contributed by atoms with Crippen molar-refractivity contribution in [2.24, 2.45) is 0 Å². The lowest BCUT2D eigenvalue weighted by Gasteiger charge is -2.17. The average Bonchev–Trinajstić information content (AvgIpc) is 3.22. The molecule has 0 aliphatic heterocycles. The fourth-order valence-electron chi connectivity index (χ4n) is 4.69. The number of carbonyl (C=O) groups is 2. The van der Waals surface area contributed by atoms with Gasteiger partial charge in [-0.15, -0.1) is 0 Å². The molecule has 5 nitrogen and oxygen atoms in total. The molecule has 4 aromatic rings. The quantitative estimate of drug-likeness (QED) is 0.338. The summed E-state index contributed by atoms with van der Waals surface area (Å²) in [7, 11) is 0. The first-order valence-corrected chi connectivity index (χ1v) is 11.7. The number of amides is 1. The van der Waals surface area contributed by atoms with Crippen LogP contribution in [-0.2, 0) is 16.0 Å². The highest BCUT2D eigenvalue weighted by atomic mass is 19.1. The Balaban J connectivity index is 1.22. The van der Waals surface area contributed by atoms with Gasteiger partial charge in [0.1, 0.15) is 18.5 Å². The highest BCUT2D eigenvalue weighted by Gasteiger charge is 2.29. The molecule has 0 spiro atoms. The zero-order valence-corrected chi connectivity index (χ0v) is 19.4. The van der Waals surface area contributed by atoms with Crippen LogP contribution in [0.1, 0.15) is 22.6 Å². The summed E-state index contributed by atoms with van der Waals surface area (Å²) >= 11 is 0. The van der Waals surface area contributed by atoms with Crippen LogP contribution in [0.4, 0.5) is 9.18 Å². The molecule has 36 heavy (non-hydrogen) atoms. The Kier molecular flexibility index (Phi) is 6.50. The minimum Gasteiger partial charge on any atom is -0.480 e. The van der Waals surface area contributed by atoms with Crippen molar-refractivity contribution in [1.29, 1.82) is 0 Å². The smallest absolute Gasteiger partial charge is 0.407 e. The maximum Gasteiger partial charge on any atom is 0.407 e. The van der Waals surface area contributed by atoms with Gasteiger partial charge in [0.2, 0.25) is 0 Å². The third kappa shape index (κ3) is 4.84. The molecule has 0 saturated heterocycles. The second kappa shape index (κ2) is 10.0. The van der Waals surface area contributed by atoms with Gasteiger partial charge in [-0.2, -0.15) is 0 Å². The van der Waals surface area contributed by atoms with E-state index >= 15 is 0 Å². The number of ether oxygens (including phenoxy) is 1. The van der Waals surface area contributed by atoms with Gasteiger partial charge in [-0.3, -0.25) is 0 Å². The normalized spacial score (nSPS) is 12.9. The Morgan fingerprint density at radius 2 is 1.33 bits per heavy atom. The third-order valence-electron chi connectivity index (χ3n) is 6.51. The van der Waals surface area contributed by atoms with Crippen LogP contribution in [0.2, 0.25) is 0 Å². The molecule has 0 bridgehead atoms. The van der Waals surface area contributed by atoms with Crippen LogP contribution in [0.25, 0.3) is 22.3 Å². The number of rotatable bonds is 7. The molecule has 1 aliphatic carbocycles. The first kappa shape index (κ1) is 23.3. The van der Waals surface area contributed by atoms with Gasteiger partial charge in [0, 0.05) is 12.3 Å². The second-order valence-electron chi connectivity index (χ2n) is 8.77. The molecular weight excluding hydrogens is 457 g/mol. The van der Waals surface area contributed by atoms with Crippen molar-refractivity contribution in [3.05, 3.63) is 120 Å². The van der Waals surface area contributed by atoms with Gasteiger partial charge in [0.25, 0.3) is 0 Å². The van der Waals surface area contributed by atoms with Crippen LogP contribution in [0.5, 0.6) is 0 Å². The highest BCUT2D eigenvalue weighted by molar-refractivity contribution is 5.81. The number of aliphatic carboxylic acids is 1. The highest BCUT2D eigenvalue weighted by Crippen LogP contribution is 2.44. The summed E-state index contributed by atoms with van der Waals surface area (Å²) in [6, 6.07) is 28.3. The van der Waals surface area contributed by atoms with E-state index in [0.29, 0.717) is 0 Å². The third-order valence-corrected chi connectivity index (χ3v) is 6.51. The fraction of sp³-hybridized carbons (Fsp3) is 0.133. The minimum absolute atomic E-state index is 0.100. The van der Waals surface area contributed by atoms with E-state index in [4.69, 9.17) is 4.74 Å². The van der Waals surface area contributed by atoms with Gasteiger partial charge in [-0.25, -0.2) is 14.0 Å². The number of carboxylic acid groups (broad SMARTS) is 1. The molecule has 5 rings (SSSR count). The van der Waals surface area contributed by atoms with Gasteiger partial charge >= 0.3 is 12.1 Å².